The van der Waals surface area contributed by atoms with E-state index in [9.17, 15) is 8.42 Å². The molecule has 2 rings (SSSR count). The Balaban J connectivity index is 0.000000241. The lowest BCUT2D eigenvalue weighted by Gasteiger charge is -2.14. The molecule has 0 saturated carbocycles. The van der Waals surface area contributed by atoms with E-state index in [1.165, 1.54) is 16.5 Å². The Bertz CT molecular complexity index is 644. The normalized spacial score (nSPS) is 10.4. The van der Waals surface area contributed by atoms with Crippen molar-refractivity contribution in [2.24, 2.45) is 5.73 Å². The highest BCUT2D eigenvalue weighted by atomic mass is 32.2. The number of anilines is 1. The first-order chi connectivity index (χ1) is 11.1. The van der Waals surface area contributed by atoms with Crippen molar-refractivity contribution in [3.05, 3.63) is 42.5 Å². The van der Waals surface area contributed by atoms with Gasteiger partial charge in [-0.25, -0.2) is 13.1 Å². The van der Waals surface area contributed by atoms with Crippen LogP contribution in [0, 0.1) is 0 Å². The number of nitrogens with one attached hydrogen (secondary N) is 1. The summed E-state index contributed by atoms with van der Waals surface area (Å²) in [6.45, 7) is 1.22. The molecule has 2 aromatic carbocycles. The number of unbranched alkanes of at least 4 members (excludes halogenated alkanes) is 2. The van der Waals surface area contributed by atoms with E-state index in [4.69, 9.17) is 5.73 Å². The summed E-state index contributed by atoms with van der Waals surface area (Å²) < 4.78 is 22.2. The van der Waals surface area contributed by atoms with Gasteiger partial charge >= 0.3 is 0 Å². The number of benzene rings is 2. The highest BCUT2D eigenvalue weighted by Crippen LogP contribution is 2.24. The first-order valence-corrected chi connectivity index (χ1v) is 8.97. The number of hydrogen-bond donors (Lipinski definition) is 3. The summed E-state index contributed by atoms with van der Waals surface area (Å²) in [5, 5.41) is 2.61. The van der Waals surface area contributed by atoms with E-state index in [1.54, 1.807) is 0 Å². The summed E-state index contributed by atoms with van der Waals surface area (Å²) in [6, 6.07) is 14.8. The van der Waals surface area contributed by atoms with Crippen LogP contribution in [0.2, 0.25) is 0 Å². The van der Waals surface area contributed by atoms with Gasteiger partial charge < -0.3 is 10.6 Å². The minimum Gasteiger partial charge on any atom is -0.377 e. The van der Waals surface area contributed by atoms with E-state index in [0.29, 0.717) is 13.1 Å². The monoisotopic (exact) mass is 337 g/mol. The minimum atomic E-state index is -2.40. The Morgan fingerprint density at radius 1 is 1.00 bits per heavy atom. The smallest absolute Gasteiger partial charge is 0.201 e. The second-order valence-electron chi connectivity index (χ2n) is 5.41. The summed E-state index contributed by atoms with van der Waals surface area (Å²) >= 11 is 0. The molecule has 0 aliphatic heterocycles. The first kappa shape index (κ1) is 19.4. The van der Waals surface area contributed by atoms with Crippen LogP contribution in [0.5, 0.6) is 0 Å². The van der Waals surface area contributed by atoms with Crippen LogP contribution in [-0.2, 0) is 10.9 Å². The molecular weight excluding hydrogens is 310 g/mol. The Kier molecular flexibility index (Phi) is 9.28. The van der Waals surface area contributed by atoms with Crippen molar-refractivity contribution in [3.8, 4) is 0 Å². The van der Waals surface area contributed by atoms with Gasteiger partial charge in [-0.15, -0.1) is 0 Å². The van der Waals surface area contributed by atoms with Crippen molar-refractivity contribution < 1.29 is 8.42 Å². The summed E-state index contributed by atoms with van der Waals surface area (Å²) in [7, 11) is 1.74. The molecule has 0 aliphatic rings. The summed E-state index contributed by atoms with van der Waals surface area (Å²) in [5.74, 6) is 0. The third-order valence-electron chi connectivity index (χ3n) is 3.37. The molecule has 6 heteroatoms. The Labute approximate surface area is 140 Å². The zero-order chi connectivity index (χ0) is 17.1. The van der Waals surface area contributed by atoms with Gasteiger partial charge in [-0.1, -0.05) is 42.8 Å². The van der Waals surface area contributed by atoms with E-state index in [2.05, 4.69) is 66.2 Å². The highest BCUT2D eigenvalue weighted by molar-refractivity contribution is 7.70. The van der Waals surface area contributed by atoms with Crippen LogP contribution in [0.3, 0.4) is 0 Å². The lowest BCUT2D eigenvalue weighted by atomic mass is 10.1. The molecule has 0 bridgehead atoms. The average molecular weight is 337 g/mol. The fraction of sp³-hybridized carbons (Fsp3) is 0.412. The van der Waals surface area contributed by atoms with E-state index in [-0.39, 0.29) is 0 Å². The van der Waals surface area contributed by atoms with Crippen molar-refractivity contribution in [2.75, 3.05) is 32.1 Å². The van der Waals surface area contributed by atoms with Gasteiger partial charge in [-0.3, -0.25) is 0 Å². The van der Waals surface area contributed by atoms with Crippen LogP contribution < -0.4 is 15.4 Å². The molecule has 23 heavy (non-hydrogen) atoms. The zero-order valence-electron chi connectivity index (χ0n) is 13.9. The standard InChI is InChI=1S/C12H13N.C5H14N2O2S/c1-13(2)12-9-5-7-10-6-3-4-8-11(10)12;6-4-2-1-3-5-7-10(8)9/h3-9H,1-2H3;10H,1-6H2,(H,7,8,9). The molecule has 2 aromatic rings. The van der Waals surface area contributed by atoms with Crippen molar-refractivity contribution in [2.45, 2.75) is 19.3 Å². The molecule has 128 valence electrons. The lowest BCUT2D eigenvalue weighted by molar-refractivity contribution is 0.594. The Hall–Kier alpha value is -1.63. The maximum Gasteiger partial charge on any atom is 0.201 e. The molecule has 0 fully saturated rings. The summed E-state index contributed by atoms with van der Waals surface area (Å²) in [4.78, 5) is 2.14. The molecule has 0 aromatic heterocycles. The molecule has 0 atom stereocenters. The van der Waals surface area contributed by atoms with Crippen molar-refractivity contribution >= 4 is 27.4 Å². The molecule has 5 nitrogen and oxygen atoms in total. The van der Waals surface area contributed by atoms with E-state index < -0.39 is 10.9 Å². The first-order valence-electron chi connectivity index (χ1n) is 7.79. The van der Waals surface area contributed by atoms with Gasteiger partial charge in [-0.05, 0) is 30.8 Å². The highest BCUT2D eigenvalue weighted by Gasteiger charge is 1.99. The van der Waals surface area contributed by atoms with E-state index >= 15 is 0 Å². The second-order valence-corrected chi connectivity index (χ2v) is 6.24. The molecule has 0 heterocycles. The molecule has 0 aliphatic carbocycles. The number of hydrogen-bond acceptors (Lipinski definition) is 4. The van der Waals surface area contributed by atoms with Crippen molar-refractivity contribution in [1.29, 1.82) is 0 Å². The lowest BCUT2D eigenvalue weighted by Crippen LogP contribution is -2.12. The maximum absolute atomic E-state index is 9.93. The van der Waals surface area contributed by atoms with Gasteiger partial charge in [0, 0.05) is 31.7 Å². The molecule has 0 unspecified atom stereocenters. The topological polar surface area (TPSA) is 75.4 Å². The van der Waals surface area contributed by atoms with Crippen LogP contribution in [0.25, 0.3) is 10.8 Å². The molecule has 0 spiro atoms. The fourth-order valence-electron chi connectivity index (χ4n) is 2.21. The van der Waals surface area contributed by atoms with Gasteiger partial charge in [0.25, 0.3) is 0 Å². The molecule has 0 radical (unpaired) electrons. The number of nitrogens with zero attached hydrogens (tertiary/aromatic N) is 1. The van der Waals surface area contributed by atoms with Crippen molar-refractivity contribution in [1.82, 2.24) is 4.72 Å². The number of fused-ring (bicyclic) bond motifs is 1. The predicted molar refractivity (Wildman–Crippen MR) is 99.5 cm³/mol. The van der Waals surface area contributed by atoms with Gasteiger partial charge in [0.2, 0.25) is 10.9 Å². The summed E-state index contributed by atoms with van der Waals surface area (Å²) in [5.41, 5.74) is 6.51. The van der Waals surface area contributed by atoms with Gasteiger partial charge in [0.15, 0.2) is 0 Å². The van der Waals surface area contributed by atoms with E-state index in [0.717, 1.165) is 19.3 Å². The molecule has 0 saturated heterocycles. The predicted octanol–water partition coefficient (Wildman–Crippen LogP) is 2.14. The van der Waals surface area contributed by atoms with Crippen LogP contribution in [-0.4, -0.2) is 35.6 Å². The second kappa shape index (κ2) is 11.0. The van der Waals surface area contributed by atoms with Crippen LogP contribution >= 0.6 is 0 Å². The fourth-order valence-corrected chi connectivity index (χ4v) is 2.56. The quantitative estimate of drug-likeness (QED) is 0.534. The van der Waals surface area contributed by atoms with Crippen molar-refractivity contribution in [3.63, 3.8) is 0 Å². The van der Waals surface area contributed by atoms with Crippen LogP contribution in [0.15, 0.2) is 42.5 Å². The molecule has 0 amide bonds. The van der Waals surface area contributed by atoms with Gasteiger partial charge in [0.05, 0.1) is 0 Å². The Morgan fingerprint density at radius 2 is 1.70 bits per heavy atom. The third kappa shape index (κ3) is 7.45. The number of nitrogens with two attached hydrogens (primary N) is 1. The zero-order valence-corrected chi connectivity index (χ0v) is 14.8. The third-order valence-corrected chi connectivity index (χ3v) is 3.85. The summed E-state index contributed by atoms with van der Waals surface area (Å²) in [6.07, 6.45) is 2.84. The van der Waals surface area contributed by atoms with Crippen LogP contribution in [0.1, 0.15) is 19.3 Å². The van der Waals surface area contributed by atoms with Gasteiger partial charge in [0.1, 0.15) is 0 Å². The SMILES string of the molecule is CN(C)c1cccc2ccccc12.NCCCCCN[SH](=O)=O. The largest absolute Gasteiger partial charge is 0.377 e. The van der Waals surface area contributed by atoms with E-state index in [1.807, 2.05) is 0 Å². The molecule has 3 N–H and O–H groups in total. The number of thiol groups is 1. The molecular formula is C17H27N3O2S. The average Bonchev–Trinajstić information content (AvgIpc) is 2.54. The minimum absolute atomic E-state index is 0.540. The van der Waals surface area contributed by atoms with Crippen LogP contribution in [0.4, 0.5) is 5.69 Å². The van der Waals surface area contributed by atoms with Gasteiger partial charge in [-0.2, -0.15) is 0 Å². The maximum atomic E-state index is 9.93. The Morgan fingerprint density at radius 3 is 2.35 bits per heavy atom. The number of rotatable bonds is 7.